The number of anilines is 3. The SMILES string of the molecule is COc1ccc(Nc2ncnc(-n3cnc4ccccc43)c2N)cc1. The third-order valence-corrected chi connectivity index (χ3v) is 3.90. The maximum atomic E-state index is 6.31. The number of nitrogens with two attached hydrogens (primary N) is 1. The van der Waals surface area contributed by atoms with Crippen molar-refractivity contribution in [1.82, 2.24) is 19.5 Å². The first-order valence-corrected chi connectivity index (χ1v) is 7.70. The van der Waals surface area contributed by atoms with E-state index in [0.717, 1.165) is 22.5 Å². The van der Waals surface area contributed by atoms with Crippen molar-refractivity contribution in [3.05, 3.63) is 61.2 Å². The van der Waals surface area contributed by atoms with E-state index in [-0.39, 0.29) is 0 Å². The second-order valence-corrected chi connectivity index (χ2v) is 5.42. The highest BCUT2D eigenvalue weighted by molar-refractivity contribution is 5.81. The predicted molar refractivity (Wildman–Crippen MR) is 97.3 cm³/mol. The zero-order valence-electron chi connectivity index (χ0n) is 13.5. The molecule has 0 bridgehead atoms. The summed E-state index contributed by atoms with van der Waals surface area (Å²) in [4.78, 5) is 13.0. The van der Waals surface area contributed by atoms with Crippen LogP contribution >= 0.6 is 0 Å². The van der Waals surface area contributed by atoms with Crippen LogP contribution in [-0.4, -0.2) is 26.6 Å². The Morgan fingerprint density at radius 3 is 2.60 bits per heavy atom. The second kappa shape index (κ2) is 6.12. The molecule has 0 fully saturated rings. The van der Waals surface area contributed by atoms with Crippen LogP contribution in [0.1, 0.15) is 0 Å². The molecule has 2 aromatic heterocycles. The lowest BCUT2D eigenvalue weighted by Crippen LogP contribution is -2.07. The summed E-state index contributed by atoms with van der Waals surface area (Å²) in [6.45, 7) is 0. The van der Waals surface area contributed by atoms with E-state index in [9.17, 15) is 0 Å². The topological polar surface area (TPSA) is 90.9 Å². The zero-order chi connectivity index (χ0) is 17.2. The average Bonchev–Trinajstić information content (AvgIpc) is 3.08. The highest BCUT2D eigenvalue weighted by Crippen LogP contribution is 2.27. The number of benzene rings is 2. The molecule has 124 valence electrons. The van der Waals surface area contributed by atoms with Gasteiger partial charge in [0.25, 0.3) is 0 Å². The molecule has 0 aliphatic carbocycles. The van der Waals surface area contributed by atoms with E-state index in [2.05, 4.69) is 20.3 Å². The minimum Gasteiger partial charge on any atom is -0.497 e. The van der Waals surface area contributed by atoms with Crippen LogP contribution in [0.5, 0.6) is 5.75 Å². The molecule has 25 heavy (non-hydrogen) atoms. The minimum absolute atomic E-state index is 0.446. The molecule has 7 heteroatoms. The van der Waals surface area contributed by atoms with Crippen molar-refractivity contribution < 1.29 is 4.74 Å². The van der Waals surface area contributed by atoms with E-state index in [0.29, 0.717) is 17.3 Å². The first kappa shape index (κ1) is 14.9. The summed E-state index contributed by atoms with van der Waals surface area (Å²) >= 11 is 0. The molecule has 2 heterocycles. The number of ether oxygens (including phenoxy) is 1. The molecule has 4 aromatic rings. The molecule has 0 amide bonds. The molecule has 3 N–H and O–H groups in total. The average molecular weight is 332 g/mol. The normalized spacial score (nSPS) is 10.8. The first-order valence-electron chi connectivity index (χ1n) is 7.70. The van der Waals surface area contributed by atoms with Gasteiger partial charge in [0.15, 0.2) is 11.6 Å². The van der Waals surface area contributed by atoms with Crippen LogP contribution in [0, 0.1) is 0 Å². The van der Waals surface area contributed by atoms with Gasteiger partial charge in [-0.1, -0.05) is 12.1 Å². The van der Waals surface area contributed by atoms with Crippen LogP contribution in [0.2, 0.25) is 0 Å². The van der Waals surface area contributed by atoms with Crippen molar-refractivity contribution in [2.24, 2.45) is 0 Å². The van der Waals surface area contributed by atoms with Gasteiger partial charge in [-0.25, -0.2) is 15.0 Å². The molecule has 0 saturated heterocycles. The number of fused-ring (bicyclic) bond motifs is 1. The number of imidazole rings is 1. The minimum atomic E-state index is 0.446. The van der Waals surface area contributed by atoms with E-state index in [1.807, 2.05) is 53.1 Å². The van der Waals surface area contributed by atoms with Gasteiger partial charge >= 0.3 is 0 Å². The fraction of sp³-hybridized carbons (Fsp3) is 0.0556. The summed E-state index contributed by atoms with van der Waals surface area (Å²) in [6, 6.07) is 15.3. The maximum Gasteiger partial charge on any atom is 0.167 e. The van der Waals surface area contributed by atoms with E-state index >= 15 is 0 Å². The Morgan fingerprint density at radius 1 is 1.00 bits per heavy atom. The number of nitrogens with zero attached hydrogens (tertiary/aromatic N) is 4. The molecule has 0 aliphatic heterocycles. The third kappa shape index (κ3) is 2.72. The standard InChI is InChI=1S/C18H16N6O/c1-25-13-8-6-12(7-9-13)23-17-16(19)18(21-10-20-17)24-11-22-14-4-2-3-5-15(14)24/h2-11H,19H2,1H3,(H,20,21,23). The number of para-hydroxylation sites is 2. The van der Waals surface area contributed by atoms with Crippen molar-refractivity contribution in [2.45, 2.75) is 0 Å². The molecular formula is C18H16N6O. The lowest BCUT2D eigenvalue weighted by Gasteiger charge is -2.12. The lowest BCUT2D eigenvalue weighted by molar-refractivity contribution is 0.415. The summed E-state index contributed by atoms with van der Waals surface area (Å²) < 4.78 is 7.02. The monoisotopic (exact) mass is 332 g/mol. The van der Waals surface area contributed by atoms with Crippen molar-refractivity contribution in [1.29, 1.82) is 0 Å². The Morgan fingerprint density at radius 2 is 1.80 bits per heavy atom. The van der Waals surface area contributed by atoms with Gasteiger partial charge in [-0.3, -0.25) is 4.57 Å². The molecule has 0 spiro atoms. The summed E-state index contributed by atoms with van der Waals surface area (Å²) in [5.41, 5.74) is 9.42. The van der Waals surface area contributed by atoms with Gasteiger partial charge in [0, 0.05) is 5.69 Å². The summed E-state index contributed by atoms with van der Waals surface area (Å²) in [5, 5.41) is 3.21. The second-order valence-electron chi connectivity index (χ2n) is 5.42. The quantitative estimate of drug-likeness (QED) is 0.596. The first-order chi connectivity index (χ1) is 12.3. The number of methoxy groups -OCH3 is 1. The molecule has 0 unspecified atom stereocenters. The zero-order valence-corrected chi connectivity index (χ0v) is 13.5. The molecule has 0 saturated carbocycles. The van der Waals surface area contributed by atoms with Crippen molar-refractivity contribution in [3.8, 4) is 11.6 Å². The number of nitrogen functional groups attached to an aromatic ring is 1. The van der Waals surface area contributed by atoms with Crippen LogP contribution in [0.4, 0.5) is 17.2 Å². The predicted octanol–water partition coefficient (Wildman–Crippen LogP) is 3.15. The van der Waals surface area contributed by atoms with Gasteiger partial charge in [0.2, 0.25) is 0 Å². The Balaban J connectivity index is 1.72. The number of nitrogens with one attached hydrogen (secondary N) is 1. The van der Waals surface area contributed by atoms with Crippen LogP contribution in [0.3, 0.4) is 0 Å². The number of rotatable bonds is 4. The van der Waals surface area contributed by atoms with Gasteiger partial charge in [0.1, 0.15) is 24.1 Å². The number of aromatic nitrogens is 4. The number of hydrogen-bond acceptors (Lipinski definition) is 6. The van der Waals surface area contributed by atoms with E-state index in [1.54, 1.807) is 13.4 Å². The van der Waals surface area contributed by atoms with Crippen LogP contribution in [0.15, 0.2) is 61.2 Å². The lowest BCUT2D eigenvalue weighted by atomic mass is 10.3. The third-order valence-electron chi connectivity index (χ3n) is 3.90. The largest absolute Gasteiger partial charge is 0.497 e. The van der Waals surface area contributed by atoms with Gasteiger partial charge in [-0.05, 0) is 36.4 Å². The van der Waals surface area contributed by atoms with Crippen LogP contribution in [0.25, 0.3) is 16.9 Å². The summed E-state index contributed by atoms with van der Waals surface area (Å²) in [7, 11) is 1.63. The maximum absolute atomic E-state index is 6.31. The highest BCUT2D eigenvalue weighted by Gasteiger charge is 2.13. The van der Waals surface area contributed by atoms with Crippen LogP contribution in [-0.2, 0) is 0 Å². The molecule has 0 atom stereocenters. The molecule has 4 rings (SSSR count). The molecule has 0 radical (unpaired) electrons. The molecule has 7 nitrogen and oxygen atoms in total. The molecule has 2 aromatic carbocycles. The van der Waals surface area contributed by atoms with Crippen molar-refractivity contribution in [3.63, 3.8) is 0 Å². The van der Waals surface area contributed by atoms with Crippen LogP contribution < -0.4 is 15.8 Å². The summed E-state index contributed by atoms with van der Waals surface area (Å²) in [6.07, 6.45) is 3.19. The molecule has 0 aliphatic rings. The van der Waals surface area contributed by atoms with Gasteiger partial charge in [0.05, 0.1) is 18.1 Å². The Kier molecular flexibility index (Phi) is 3.66. The van der Waals surface area contributed by atoms with Gasteiger partial charge in [-0.15, -0.1) is 0 Å². The molecular weight excluding hydrogens is 316 g/mol. The Labute approximate surface area is 144 Å². The van der Waals surface area contributed by atoms with Crippen molar-refractivity contribution in [2.75, 3.05) is 18.2 Å². The highest BCUT2D eigenvalue weighted by atomic mass is 16.5. The number of hydrogen-bond donors (Lipinski definition) is 2. The van der Waals surface area contributed by atoms with Gasteiger partial charge in [-0.2, -0.15) is 0 Å². The van der Waals surface area contributed by atoms with E-state index < -0.39 is 0 Å². The fourth-order valence-electron chi connectivity index (χ4n) is 2.62. The Hall–Kier alpha value is -3.61. The van der Waals surface area contributed by atoms with E-state index in [1.165, 1.54) is 6.33 Å². The summed E-state index contributed by atoms with van der Waals surface area (Å²) in [5.74, 6) is 1.90. The smallest absolute Gasteiger partial charge is 0.167 e. The van der Waals surface area contributed by atoms with Crippen molar-refractivity contribution >= 4 is 28.2 Å². The van der Waals surface area contributed by atoms with E-state index in [4.69, 9.17) is 10.5 Å². The fourth-order valence-corrected chi connectivity index (χ4v) is 2.62. The Bertz CT molecular complexity index is 1030. The van der Waals surface area contributed by atoms with Gasteiger partial charge < -0.3 is 15.8 Å².